The van der Waals surface area contributed by atoms with Crippen molar-refractivity contribution in [2.24, 2.45) is 0 Å². The summed E-state index contributed by atoms with van der Waals surface area (Å²) in [6, 6.07) is 10.9. The van der Waals surface area contributed by atoms with Crippen LogP contribution in [0, 0.1) is 20.8 Å². The van der Waals surface area contributed by atoms with E-state index in [1.54, 1.807) is 29.2 Å². The first-order valence-electron chi connectivity index (χ1n) is 10.2. The standard InChI is InChI=1S/C23H29N3O3S2/c1-16-6-8-19(9-7-16)31(28,29)13-10-21(27)26(12-11-25(4)5)23-24-22-18(3)14-17(2)15-20(22)30-23/h6-9,14-15H,10-13H2,1-5H3. The van der Waals surface area contributed by atoms with Gasteiger partial charge in [-0.15, -0.1) is 0 Å². The number of sulfone groups is 1. The number of carbonyl (C=O) groups is 1. The van der Waals surface area contributed by atoms with E-state index in [9.17, 15) is 13.2 Å². The van der Waals surface area contributed by atoms with Crippen LogP contribution >= 0.6 is 11.3 Å². The third-order valence-electron chi connectivity index (χ3n) is 5.09. The Bertz CT molecular complexity index is 1180. The summed E-state index contributed by atoms with van der Waals surface area (Å²) in [7, 11) is 0.351. The molecule has 2 aromatic carbocycles. The SMILES string of the molecule is Cc1ccc(S(=O)(=O)CCC(=O)N(CCN(C)C)c2nc3c(C)cc(C)cc3s2)cc1. The van der Waals surface area contributed by atoms with Gasteiger partial charge in [-0.1, -0.05) is 35.1 Å². The molecule has 0 radical (unpaired) electrons. The molecule has 0 spiro atoms. The van der Waals surface area contributed by atoms with Gasteiger partial charge in [0.1, 0.15) is 0 Å². The Kier molecular flexibility index (Phi) is 7.13. The number of carbonyl (C=O) groups excluding carboxylic acids is 1. The largest absolute Gasteiger partial charge is 0.308 e. The zero-order chi connectivity index (χ0) is 22.8. The molecule has 0 aliphatic heterocycles. The second kappa shape index (κ2) is 9.46. The highest BCUT2D eigenvalue weighted by molar-refractivity contribution is 7.91. The van der Waals surface area contributed by atoms with Gasteiger partial charge in [0.25, 0.3) is 0 Å². The Morgan fingerprint density at radius 2 is 1.68 bits per heavy atom. The summed E-state index contributed by atoms with van der Waals surface area (Å²) in [4.78, 5) is 21.7. The van der Waals surface area contributed by atoms with E-state index in [-0.39, 0.29) is 23.0 Å². The molecular weight excluding hydrogens is 430 g/mol. The highest BCUT2D eigenvalue weighted by Crippen LogP contribution is 2.32. The quantitative estimate of drug-likeness (QED) is 0.510. The van der Waals surface area contributed by atoms with E-state index in [1.807, 2.05) is 39.8 Å². The van der Waals surface area contributed by atoms with E-state index in [0.717, 1.165) is 26.9 Å². The molecule has 0 unspecified atom stereocenters. The van der Waals surface area contributed by atoms with Crippen molar-refractivity contribution in [3.05, 3.63) is 53.1 Å². The van der Waals surface area contributed by atoms with Crippen LogP contribution in [0.25, 0.3) is 10.2 Å². The lowest BCUT2D eigenvalue weighted by Crippen LogP contribution is -2.37. The number of benzene rings is 2. The minimum absolute atomic E-state index is 0.0857. The summed E-state index contributed by atoms with van der Waals surface area (Å²) in [6.07, 6.45) is -0.0857. The van der Waals surface area contributed by atoms with E-state index in [0.29, 0.717) is 18.2 Å². The molecule has 0 bridgehead atoms. The summed E-state index contributed by atoms with van der Waals surface area (Å²) in [5.74, 6) is -0.456. The van der Waals surface area contributed by atoms with Crippen molar-refractivity contribution in [2.75, 3.05) is 37.8 Å². The first-order valence-corrected chi connectivity index (χ1v) is 12.7. The highest BCUT2D eigenvalue weighted by atomic mass is 32.2. The third-order valence-corrected chi connectivity index (χ3v) is 7.84. The van der Waals surface area contributed by atoms with Crippen molar-refractivity contribution >= 4 is 42.4 Å². The van der Waals surface area contributed by atoms with Crippen LogP contribution in [0.2, 0.25) is 0 Å². The molecule has 31 heavy (non-hydrogen) atoms. The zero-order valence-electron chi connectivity index (χ0n) is 18.7. The van der Waals surface area contributed by atoms with E-state index >= 15 is 0 Å². The summed E-state index contributed by atoms with van der Waals surface area (Å²) in [5, 5.41) is 0.614. The number of anilines is 1. The minimum atomic E-state index is -3.53. The van der Waals surface area contributed by atoms with Crippen LogP contribution in [-0.4, -0.2) is 57.1 Å². The van der Waals surface area contributed by atoms with Crippen LogP contribution in [0.15, 0.2) is 41.3 Å². The maximum absolute atomic E-state index is 13.1. The molecule has 166 valence electrons. The topological polar surface area (TPSA) is 70.6 Å². The number of amides is 1. The van der Waals surface area contributed by atoms with Crippen LogP contribution in [0.1, 0.15) is 23.1 Å². The highest BCUT2D eigenvalue weighted by Gasteiger charge is 2.23. The maximum Gasteiger partial charge on any atom is 0.229 e. The Morgan fingerprint density at radius 3 is 2.32 bits per heavy atom. The number of likely N-dealkylation sites (N-methyl/N-ethyl adjacent to an activating group) is 1. The number of rotatable bonds is 8. The maximum atomic E-state index is 13.1. The molecule has 3 aromatic rings. The van der Waals surface area contributed by atoms with Crippen LogP contribution in [0.5, 0.6) is 0 Å². The first-order chi connectivity index (χ1) is 14.6. The first kappa shape index (κ1) is 23.4. The van der Waals surface area contributed by atoms with E-state index in [2.05, 4.69) is 12.1 Å². The summed E-state index contributed by atoms with van der Waals surface area (Å²) in [6.45, 7) is 7.07. The van der Waals surface area contributed by atoms with Crippen LogP contribution < -0.4 is 4.90 Å². The number of hydrogen-bond acceptors (Lipinski definition) is 6. The molecule has 0 aliphatic rings. The fourth-order valence-corrected chi connectivity index (χ4v) is 5.74. The van der Waals surface area contributed by atoms with Crippen molar-refractivity contribution < 1.29 is 13.2 Å². The Balaban J connectivity index is 1.84. The average Bonchev–Trinajstić information content (AvgIpc) is 3.10. The molecule has 8 heteroatoms. The van der Waals surface area contributed by atoms with Crippen molar-refractivity contribution in [1.29, 1.82) is 0 Å². The number of fused-ring (bicyclic) bond motifs is 1. The molecule has 0 N–H and O–H groups in total. The predicted molar refractivity (Wildman–Crippen MR) is 128 cm³/mol. The molecule has 1 amide bonds. The molecule has 0 fully saturated rings. The average molecular weight is 460 g/mol. The third kappa shape index (κ3) is 5.70. The zero-order valence-corrected chi connectivity index (χ0v) is 20.3. The van der Waals surface area contributed by atoms with Gasteiger partial charge in [0.05, 0.1) is 20.9 Å². The van der Waals surface area contributed by atoms with Gasteiger partial charge in [0.15, 0.2) is 15.0 Å². The van der Waals surface area contributed by atoms with Crippen molar-refractivity contribution in [1.82, 2.24) is 9.88 Å². The monoisotopic (exact) mass is 459 g/mol. The molecule has 0 saturated heterocycles. The van der Waals surface area contributed by atoms with Gasteiger partial charge in [-0.2, -0.15) is 0 Å². The number of aromatic nitrogens is 1. The lowest BCUT2D eigenvalue weighted by molar-refractivity contribution is -0.118. The van der Waals surface area contributed by atoms with Gasteiger partial charge in [0, 0.05) is 19.5 Å². The van der Waals surface area contributed by atoms with Crippen molar-refractivity contribution in [2.45, 2.75) is 32.1 Å². The number of hydrogen-bond donors (Lipinski definition) is 0. The van der Waals surface area contributed by atoms with Crippen LogP contribution in [0.4, 0.5) is 5.13 Å². The molecular formula is C23H29N3O3S2. The molecule has 0 atom stereocenters. The number of nitrogens with zero attached hydrogens (tertiary/aromatic N) is 3. The normalized spacial score (nSPS) is 11.9. The second-order valence-electron chi connectivity index (χ2n) is 8.16. The Morgan fingerprint density at radius 1 is 1.00 bits per heavy atom. The fourth-order valence-electron chi connectivity index (χ4n) is 3.32. The smallest absolute Gasteiger partial charge is 0.229 e. The molecule has 1 heterocycles. The van der Waals surface area contributed by atoms with Gasteiger partial charge >= 0.3 is 0 Å². The number of aryl methyl sites for hydroxylation is 3. The fraction of sp³-hybridized carbons (Fsp3) is 0.391. The molecule has 0 saturated carbocycles. The Hall–Kier alpha value is -2.29. The number of thiazole rings is 1. The molecule has 1 aromatic heterocycles. The van der Waals surface area contributed by atoms with Crippen molar-refractivity contribution in [3.63, 3.8) is 0 Å². The molecule has 6 nitrogen and oxygen atoms in total. The van der Waals surface area contributed by atoms with E-state index in [1.165, 1.54) is 11.3 Å². The molecule has 3 rings (SSSR count). The van der Waals surface area contributed by atoms with Gasteiger partial charge in [-0.25, -0.2) is 13.4 Å². The van der Waals surface area contributed by atoms with E-state index < -0.39 is 9.84 Å². The van der Waals surface area contributed by atoms with Gasteiger partial charge in [-0.3, -0.25) is 9.69 Å². The van der Waals surface area contributed by atoms with Crippen LogP contribution in [0.3, 0.4) is 0 Å². The lowest BCUT2D eigenvalue weighted by atomic mass is 10.1. The minimum Gasteiger partial charge on any atom is -0.308 e. The van der Waals surface area contributed by atoms with Crippen LogP contribution in [-0.2, 0) is 14.6 Å². The summed E-state index contributed by atoms with van der Waals surface area (Å²) in [5.41, 5.74) is 4.10. The Labute approximate surface area is 188 Å². The summed E-state index contributed by atoms with van der Waals surface area (Å²) < 4.78 is 26.4. The predicted octanol–water partition coefficient (Wildman–Crippen LogP) is 3.98. The van der Waals surface area contributed by atoms with Gasteiger partial charge in [-0.05, 0) is 64.2 Å². The lowest BCUT2D eigenvalue weighted by Gasteiger charge is -2.22. The second-order valence-corrected chi connectivity index (χ2v) is 11.3. The van der Waals surface area contributed by atoms with Gasteiger partial charge < -0.3 is 4.90 Å². The van der Waals surface area contributed by atoms with Crippen molar-refractivity contribution in [3.8, 4) is 0 Å². The molecule has 0 aliphatic carbocycles. The summed E-state index contributed by atoms with van der Waals surface area (Å²) >= 11 is 1.47. The van der Waals surface area contributed by atoms with Gasteiger partial charge in [0.2, 0.25) is 5.91 Å². The van der Waals surface area contributed by atoms with E-state index in [4.69, 9.17) is 4.98 Å².